The van der Waals surface area contributed by atoms with Gasteiger partial charge in [0.2, 0.25) is 0 Å². The Morgan fingerprint density at radius 3 is 1.48 bits per heavy atom. The van der Waals surface area contributed by atoms with Crippen molar-refractivity contribution in [3.05, 3.63) is 163 Å². The van der Waals surface area contributed by atoms with Crippen molar-refractivity contribution in [2.75, 3.05) is 11.9 Å². The van der Waals surface area contributed by atoms with Crippen LogP contribution < -0.4 is 4.90 Å². The predicted octanol–water partition coefficient (Wildman–Crippen LogP) is 9.81. The molecule has 0 saturated heterocycles. The summed E-state index contributed by atoms with van der Waals surface area (Å²) in [4.78, 5) is 2.24. The highest BCUT2D eigenvalue weighted by molar-refractivity contribution is 6.09. The zero-order valence-electron chi connectivity index (χ0n) is 22.5. The van der Waals surface area contributed by atoms with Gasteiger partial charge in [0.15, 0.2) is 0 Å². The number of anilines is 2. The number of fused-ring (bicyclic) bond motifs is 3. The van der Waals surface area contributed by atoms with Gasteiger partial charge in [-0.2, -0.15) is 0 Å². The molecule has 0 aliphatic rings. The van der Waals surface area contributed by atoms with Crippen molar-refractivity contribution in [1.29, 1.82) is 0 Å². The first-order chi connectivity index (χ1) is 19.7. The fraction of sp³-hybridized carbons (Fsp3) is 0.0526. The largest absolute Gasteiger partial charge is 0.345 e. The number of rotatable bonds is 6. The van der Waals surface area contributed by atoms with Gasteiger partial charge in [-0.25, -0.2) is 0 Å². The number of benzene rings is 6. The molecule has 7 rings (SSSR count). The summed E-state index contributed by atoms with van der Waals surface area (Å²) in [6.45, 7) is 0. The fourth-order valence-corrected chi connectivity index (χ4v) is 5.70. The normalized spacial score (nSPS) is 11.2. The minimum Gasteiger partial charge on any atom is -0.345 e. The Morgan fingerprint density at radius 1 is 0.450 bits per heavy atom. The van der Waals surface area contributed by atoms with Gasteiger partial charge < -0.3 is 9.47 Å². The summed E-state index contributed by atoms with van der Waals surface area (Å²) in [7, 11) is 2.13. The Labute approximate surface area is 235 Å². The van der Waals surface area contributed by atoms with E-state index in [1.807, 2.05) is 0 Å². The zero-order valence-corrected chi connectivity index (χ0v) is 22.5. The molecule has 40 heavy (non-hydrogen) atoms. The van der Waals surface area contributed by atoms with E-state index in [0.717, 1.165) is 17.8 Å². The van der Waals surface area contributed by atoms with Crippen LogP contribution in [0.15, 0.2) is 152 Å². The molecule has 0 aliphatic carbocycles. The first kappa shape index (κ1) is 24.0. The molecule has 192 valence electrons. The first-order valence-electron chi connectivity index (χ1n) is 13.8. The minimum atomic E-state index is 0.959. The maximum absolute atomic E-state index is 2.36. The van der Waals surface area contributed by atoms with Gasteiger partial charge in [0.25, 0.3) is 0 Å². The van der Waals surface area contributed by atoms with Crippen LogP contribution in [0.25, 0.3) is 38.6 Å². The van der Waals surface area contributed by atoms with Crippen LogP contribution in [0.4, 0.5) is 11.4 Å². The fourth-order valence-electron chi connectivity index (χ4n) is 5.70. The standard InChI is InChI=1S/C38H30N2/c1-39(32-21-19-31(20-22-32)30-17-15-29(16-18-30)27-28-9-3-2-4-10-28)33-23-25-34(26-24-33)40-37-13-7-5-11-35(37)36-12-6-8-14-38(36)40/h2-26H,27H2,1H3. The van der Waals surface area contributed by atoms with Crippen LogP contribution in [0.5, 0.6) is 0 Å². The molecular weight excluding hydrogens is 484 g/mol. The van der Waals surface area contributed by atoms with Gasteiger partial charge in [0.1, 0.15) is 0 Å². The smallest absolute Gasteiger partial charge is 0.0541 e. The van der Waals surface area contributed by atoms with Crippen molar-refractivity contribution in [3.63, 3.8) is 0 Å². The van der Waals surface area contributed by atoms with Gasteiger partial charge in [-0.15, -0.1) is 0 Å². The highest BCUT2D eigenvalue weighted by Crippen LogP contribution is 2.33. The second-order valence-electron chi connectivity index (χ2n) is 10.4. The molecule has 0 atom stereocenters. The maximum atomic E-state index is 2.36. The molecule has 7 aromatic rings. The quantitative estimate of drug-likeness (QED) is 0.214. The summed E-state index contributed by atoms with van der Waals surface area (Å²) in [6, 6.07) is 54.5. The number of hydrogen-bond acceptors (Lipinski definition) is 1. The molecule has 0 unspecified atom stereocenters. The molecule has 0 fully saturated rings. The Balaban J connectivity index is 1.11. The van der Waals surface area contributed by atoms with Crippen molar-refractivity contribution in [2.45, 2.75) is 6.42 Å². The molecule has 1 aromatic heterocycles. The average Bonchev–Trinajstić information content (AvgIpc) is 3.36. The van der Waals surface area contributed by atoms with E-state index in [1.165, 1.54) is 49.7 Å². The maximum Gasteiger partial charge on any atom is 0.0541 e. The van der Waals surface area contributed by atoms with E-state index in [2.05, 4.69) is 168 Å². The van der Waals surface area contributed by atoms with Gasteiger partial charge in [0, 0.05) is 34.9 Å². The number of hydrogen-bond donors (Lipinski definition) is 0. The van der Waals surface area contributed by atoms with E-state index in [1.54, 1.807) is 0 Å². The van der Waals surface area contributed by atoms with Crippen LogP contribution in [0.1, 0.15) is 11.1 Å². The van der Waals surface area contributed by atoms with Gasteiger partial charge in [-0.05, 0) is 77.2 Å². The molecule has 0 bridgehead atoms. The highest BCUT2D eigenvalue weighted by atomic mass is 15.1. The van der Waals surface area contributed by atoms with Crippen molar-refractivity contribution >= 4 is 33.2 Å². The van der Waals surface area contributed by atoms with Crippen molar-refractivity contribution in [3.8, 4) is 16.8 Å². The van der Waals surface area contributed by atoms with E-state index in [4.69, 9.17) is 0 Å². The summed E-state index contributed by atoms with van der Waals surface area (Å²) in [5, 5.41) is 2.57. The summed E-state index contributed by atoms with van der Waals surface area (Å²) in [5.41, 5.74) is 11.1. The first-order valence-corrected chi connectivity index (χ1v) is 13.8. The highest BCUT2D eigenvalue weighted by Gasteiger charge is 2.12. The molecule has 0 N–H and O–H groups in total. The molecule has 1 heterocycles. The zero-order chi connectivity index (χ0) is 26.9. The molecular formula is C38H30N2. The molecule has 0 aliphatic heterocycles. The monoisotopic (exact) mass is 514 g/mol. The van der Waals surface area contributed by atoms with Crippen molar-refractivity contribution in [1.82, 2.24) is 4.57 Å². The molecule has 6 aromatic carbocycles. The Bertz CT molecular complexity index is 1840. The molecule has 2 nitrogen and oxygen atoms in total. The van der Waals surface area contributed by atoms with E-state index >= 15 is 0 Å². The Kier molecular flexibility index (Phi) is 6.14. The van der Waals surface area contributed by atoms with Crippen molar-refractivity contribution in [2.24, 2.45) is 0 Å². The lowest BCUT2D eigenvalue weighted by Crippen LogP contribution is -2.09. The van der Waals surface area contributed by atoms with E-state index < -0.39 is 0 Å². The second kappa shape index (κ2) is 10.2. The minimum absolute atomic E-state index is 0.959. The summed E-state index contributed by atoms with van der Waals surface area (Å²) in [6.07, 6.45) is 0.959. The van der Waals surface area contributed by atoms with E-state index in [9.17, 15) is 0 Å². The van der Waals surface area contributed by atoms with Gasteiger partial charge >= 0.3 is 0 Å². The Hall–Kier alpha value is -5.08. The second-order valence-corrected chi connectivity index (χ2v) is 10.4. The van der Waals surface area contributed by atoms with Crippen LogP contribution in [-0.2, 0) is 6.42 Å². The molecule has 0 amide bonds. The van der Waals surface area contributed by atoms with Gasteiger partial charge in [-0.3, -0.25) is 0 Å². The van der Waals surface area contributed by atoms with Crippen LogP contribution in [0, 0.1) is 0 Å². The summed E-state index contributed by atoms with van der Waals surface area (Å²) < 4.78 is 2.36. The SMILES string of the molecule is CN(c1ccc(-c2ccc(Cc3ccccc3)cc2)cc1)c1ccc(-n2c3ccccc3c3ccccc32)cc1. The number of nitrogens with zero attached hydrogens (tertiary/aromatic N) is 2. The molecule has 0 spiro atoms. The number of aromatic nitrogens is 1. The number of para-hydroxylation sites is 2. The third kappa shape index (κ3) is 4.44. The van der Waals surface area contributed by atoms with Crippen LogP contribution in [-0.4, -0.2) is 11.6 Å². The lowest BCUT2D eigenvalue weighted by molar-refractivity contribution is 1.16. The summed E-state index contributed by atoms with van der Waals surface area (Å²) >= 11 is 0. The molecule has 2 heteroatoms. The summed E-state index contributed by atoms with van der Waals surface area (Å²) in [5.74, 6) is 0. The topological polar surface area (TPSA) is 8.17 Å². The lowest BCUT2D eigenvalue weighted by Gasteiger charge is -2.20. The van der Waals surface area contributed by atoms with Crippen LogP contribution in [0.2, 0.25) is 0 Å². The van der Waals surface area contributed by atoms with Crippen molar-refractivity contribution < 1.29 is 0 Å². The molecule has 0 saturated carbocycles. The average molecular weight is 515 g/mol. The van der Waals surface area contributed by atoms with Gasteiger partial charge in [0.05, 0.1) is 11.0 Å². The molecule has 0 radical (unpaired) electrons. The van der Waals surface area contributed by atoms with Gasteiger partial charge in [-0.1, -0.05) is 103 Å². The van der Waals surface area contributed by atoms with E-state index in [0.29, 0.717) is 0 Å². The Morgan fingerprint density at radius 2 is 0.900 bits per heavy atom. The third-order valence-corrected chi connectivity index (χ3v) is 7.87. The lowest BCUT2D eigenvalue weighted by atomic mass is 10.00. The van der Waals surface area contributed by atoms with Crippen LogP contribution in [0.3, 0.4) is 0 Å². The van der Waals surface area contributed by atoms with E-state index in [-0.39, 0.29) is 0 Å². The van der Waals surface area contributed by atoms with Crippen LogP contribution >= 0.6 is 0 Å². The third-order valence-electron chi connectivity index (χ3n) is 7.87. The predicted molar refractivity (Wildman–Crippen MR) is 170 cm³/mol.